The normalized spacial score (nSPS) is 10.9. The first-order valence-electron chi connectivity index (χ1n) is 8.88. The van der Waals surface area contributed by atoms with Gasteiger partial charge in [-0.2, -0.15) is 0 Å². The molecule has 9 nitrogen and oxygen atoms in total. The second kappa shape index (κ2) is 7.70. The average molecular weight is 396 g/mol. The summed E-state index contributed by atoms with van der Waals surface area (Å²) >= 11 is 0. The van der Waals surface area contributed by atoms with Crippen molar-refractivity contribution in [1.82, 2.24) is 14.1 Å². The summed E-state index contributed by atoms with van der Waals surface area (Å²) in [6, 6.07) is 8.38. The Morgan fingerprint density at radius 2 is 1.86 bits per heavy atom. The topological polar surface area (TPSA) is 123 Å². The Morgan fingerprint density at radius 3 is 2.55 bits per heavy atom. The average Bonchev–Trinajstić information content (AvgIpc) is 2.68. The number of pyridine rings is 1. The number of carboxylic acid groups (broad SMARTS) is 1. The minimum atomic E-state index is -0.896. The number of carbonyl (C=O) groups excluding carboxylic acids is 1. The summed E-state index contributed by atoms with van der Waals surface area (Å²) < 4.78 is 2.23. The van der Waals surface area contributed by atoms with E-state index < -0.39 is 23.1 Å². The zero-order valence-electron chi connectivity index (χ0n) is 16.2. The quantitative estimate of drug-likeness (QED) is 0.668. The van der Waals surface area contributed by atoms with Crippen molar-refractivity contribution in [2.75, 3.05) is 5.32 Å². The number of aromatic nitrogens is 3. The SMILES string of the molecule is Cc1cc(C(=O)Nc2cccc(CCC(=O)O)c2)nc2c1c(=O)n(C)c(=O)n2C. The maximum Gasteiger partial charge on any atom is 0.332 e. The van der Waals surface area contributed by atoms with Gasteiger partial charge in [0.05, 0.1) is 5.39 Å². The van der Waals surface area contributed by atoms with E-state index in [4.69, 9.17) is 5.11 Å². The highest BCUT2D eigenvalue weighted by Gasteiger charge is 2.17. The van der Waals surface area contributed by atoms with Gasteiger partial charge in [-0.3, -0.25) is 23.5 Å². The molecule has 0 aliphatic carbocycles. The van der Waals surface area contributed by atoms with Gasteiger partial charge in [-0.1, -0.05) is 12.1 Å². The summed E-state index contributed by atoms with van der Waals surface area (Å²) in [7, 11) is 2.88. The van der Waals surface area contributed by atoms with Crippen molar-refractivity contribution < 1.29 is 14.7 Å². The van der Waals surface area contributed by atoms with Crippen LogP contribution in [0.15, 0.2) is 39.9 Å². The van der Waals surface area contributed by atoms with Gasteiger partial charge in [-0.25, -0.2) is 9.78 Å². The van der Waals surface area contributed by atoms with E-state index >= 15 is 0 Å². The molecule has 0 aliphatic rings. The second-order valence-electron chi connectivity index (χ2n) is 6.78. The van der Waals surface area contributed by atoms with Crippen molar-refractivity contribution in [3.05, 3.63) is 68.0 Å². The maximum atomic E-state index is 12.7. The first kappa shape index (κ1) is 20.0. The Morgan fingerprint density at radius 1 is 1.14 bits per heavy atom. The van der Waals surface area contributed by atoms with Crippen LogP contribution in [-0.4, -0.2) is 31.1 Å². The summed E-state index contributed by atoms with van der Waals surface area (Å²) in [5, 5.41) is 11.8. The van der Waals surface area contributed by atoms with Crippen LogP contribution >= 0.6 is 0 Å². The van der Waals surface area contributed by atoms with Crippen molar-refractivity contribution in [2.45, 2.75) is 19.8 Å². The van der Waals surface area contributed by atoms with E-state index in [-0.39, 0.29) is 23.1 Å². The third-order valence-corrected chi connectivity index (χ3v) is 4.65. The Kier molecular flexibility index (Phi) is 5.31. The number of hydrogen-bond donors (Lipinski definition) is 2. The molecule has 2 heterocycles. The van der Waals surface area contributed by atoms with Gasteiger partial charge < -0.3 is 10.4 Å². The molecule has 0 fully saturated rings. The molecule has 1 aromatic carbocycles. The number of carboxylic acids is 1. The largest absolute Gasteiger partial charge is 0.481 e. The zero-order valence-corrected chi connectivity index (χ0v) is 16.2. The fraction of sp³-hybridized carbons (Fsp3) is 0.250. The number of amides is 1. The van der Waals surface area contributed by atoms with E-state index in [0.717, 1.165) is 10.1 Å². The van der Waals surface area contributed by atoms with E-state index in [2.05, 4.69) is 10.3 Å². The first-order valence-corrected chi connectivity index (χ1v) is 8.88. The highest BCUT2D eigenvalue weighted by Crippen LogP contribution is 2.16. The molecular formula is C20H20N4O5. The summed E-state index contributed by atoms with van der Waals surface area (Å²) in [6.45, 7) is 1.68. The summed E-state index contributed by atoms with van der Waals surface area (Å²) in [5.74, 6) is -1.40. The first-order chi connectivity index (χ1) is 13.7. The van der Waals surface area contributed by atoms with Gasteiger partial charge >= 0.3 is 11.7 Å². The fourth-order valence-electron chi connectivity index (χ4n) is 3.10. The predicted octanol–water partition coefficient (Wildman–Crippen LogP) is 1.21. The molecule has 150 valence electrons. The summed E-state index contributed by atoms with van der Waals surface area (Å²) in [6.07, 6.45) is 0.337. The molecule has 0 saturated heterocycles. The van der Waals surface area contributed by atoms with Gasteiger partial charge in [0.1, 0.15) is 11.3 Å². The number of nitrogens with one attached hydrogen (secondary N) is 1. The van der Waals surface area contributed by atoms with E-state index in [1.54, 1.807) is 31.2 Å². The number of aliphatic carboxylic acids is 1. The van der Waals surface area contributed by atoms with Crippen molar-refractivity contribution in [3.8, 4) is 0 Å². The molecule has 0 aliphatic heterocycles. The number of carbonyl (C=O) groups is 2. The summed E-state index contributed by atoms with van der Waals surface area (Å²) in [4.78, 5) is 52.2. The molecule has 0 radical (unpaired) electrons. The number of rotatable bonds is 5. The molecule has 9 heteroatoms. The Labute approximate surface area is 165 Å². The third-order valence-electron chi connectivity index (χ3n) is 4.65. The van der Waals surface area contributed by atoms with Crippen LogP contribution < -0.4 is 16.6 Å². The van der Waals surface area contributed by atoms with Crippen LogP contribution in [0.5, 0.6) is 0 Å². The third kappa shape index (κ3) is 3.93. The lowest BCUT2D eigenvalue weighted by Crippen LogP contribution is -2.38. The standard InChI is InChI=1S/C20H20N4O5/c1-11-9-14(22-17-16(11)19(28)24(3)20(29)23(17)2)18(27)21-13-6-4-5-12(10-13)7-8-15(25)26/h4-6,9-10H,7-8H2,1-3H3,(H,21,27)(H,25,26). The highest BCUT2D eigenvalue weighted by molar-refractivity contribution is 6.04. The van der Waals surface area contributed by atoms with E-state index in [1.807, 2.05) is 0 Å². The number of benzene rings is 1. The number of aryl methyl sites for hydroxylation is 3. The molecule has 0 spiro atoms. The number of fused-ring (bicyclic) bond motifs is 1. The molecule has 1 amide bonds. The van der Waals surface area contributed by atoms with Gasteiger partial charge in [0.25, 0.3) is 11.5 Å². The van der Waals surface area contributed by atoms with Crippen LogP contribution in [0.4, 0.5) is 5.69 Å². The van der Waals surface area contributed by atoms with Crippen molar-refractivity contribution in [1.29, 1.82) is 0 Å². The number of nitrogens with zero attached hydrogens (tertiary/aromatic N) is 3. The molecule has 0 unspecified atom stereocenters. The van der Waals surface area contributed by atoms with Gasteiger partial charge in [0.15, 0.2) is 0 Å². The number of hydrogen-bond acceptors (Lipinski definition) is 5. The van der Waals surface area contributed by atoms with Crippen molar-refractivity contribution in [3.63, 3.8) is 0 Å². The maximum absolute atomic E-state index is 12.7. The minimum absolute atomic E-state index is 0.00812. The Bertz CT molecular complexity index is 1260. The van der Waals surface area contributed by atoms with Gasteiger partial charge in [-0.15, -0.1) is 0 Å². The molecule has 0 bridgehead atoms. The van der Waals surface area contributed by atoms with Gasteiger partial charge in [0.2, 0.25) is 0 Å². The van der Waals surface area contributed by atoms with E-state index in [9.17, 15) is 19.2 Å². The van der Waals surface area contributed by atoms with Crippen LogP contribution in [0.3, 0.4) is 0 Å². The van der Waals surface area contributed by atoms with Crippen molar-refractivity contribution in [2.24, 2.45) is 14.1 Å². The van der Waals surface area contributed by atoms with Crippen LogP contribution in [0.2, 0.25) is 0 Å². The molecule has 29 heavy (non-hydrogen) atoms. The van der Waals surface area contributed by atoms with Crippen LogP contribution in [-0.2, 0) is 25.3 Å². The fourth-order valence-corrected chi connectivity index (χ4v) is 3.10. The molecule has 0 saturated carbocycles. The monoisotopic (exact) mass is 396 g/mol. The van der Waals surface area contributed by atoms with E-state index in [1.165, 1.54) is 24.7 Å². The molecule has 3 aromatic rings. The lowest BCUT2D eigenvalue weighted by Gasteiger charge is -2.11. The number of anilines is 1. The van der Waals surface area contributed by atoms with Crippen molar-refractivity contribution >= 4 is 28.6 Å². The molecule has 2 N–H and O–H groups in total. The van der Waals surface area contributed by atoms with Crippen LogP contribution in [0.1, 0.15) is 28.0 Å². The molecule has 3 rings (SSSR count). The lowest BCUT2D eigenvalue weighted by atomic mass is 10.1. The Balaban J connectivity index is 1.96. The minimum Gasteiger partial charge on any atom is -0.481 e. The molecule has 0 atom stereocenters. The van der Waals surface area contributed by atoms with Gasteiger partial charge in [0, 0.05) is 26.2 Å². The molecule has 2 aromatic heterocycles. The summed E-state index contributed by atoms with van der Waals surface area (Å²) in [5.41, 5.74) is 1.01. The lowest BCUT2D eigenvalue weighted by molar-refractivity contribution is -0.136. The van der Waals surface area contributed by atoms with Gasteiger partial charge in [-0.05, 0) is 42.7 Å². The predicted molar refractivity (Wildman–Crippen MR) is 107 cm³/mol. The highest BCUT2D eigenvalue weighted by atomic mass is 16.4. The van der Waals surface area contributed by atoms with Crippen LogP contribution in [0, 0.1) is 6.92 Å². The Hall–Kier alpha value is -3.75. The second-order valence-corrected chi connectivity index (χ2v) is 6.78. The molecular weight excluding hydrogens is 376 g/mol. The zero-order chi connectivity index (χ0) is 21.3. The van der Waals surface area contributed by atoms with Crippen LogP contribution in [0.25, 0.3) is 11.0 Å². The van der Waals surface area contributed by atoms with E-state index in [0.29, 0.717) is 17.7 Å². The smallest absolute Gasteiger partial charge is 0.332 e.